The van der Waals surface area contributed by atoms with Gasteiger partial charge in [0.25, 0.3) is 0 Å². The summed E-state index contributed by atoms with van der Waals surface area (Å²) < 4.78 is 0.826. The van der Waals surface area contributed by atoms with Gasteiger partial charge >= 0.3 is 0 Å². The van der Waals surface area contributed by atoms with Gasteiger partial charge in [0.15, 0.2) is 11.6 Å². The van der Waals surface area contributed by atoms with E-state index < -0.39 is 0 Å². The number of carbonyl (C=O) groups excluding carboxylic acids is 2. The van der Waals surface area contributed by atoms with Crippen molar-refractivity contribution in [3.63, 3.8) is 0 Å². The van der Waals surface area contributed by atoms with E-state index in [1.165, 1.54) is 4.88 Å². The summed E-state index contributed by atoms with van der Waals surface area (Å²) in [4.78, 5) is 33.8. The number of carbonyl (C=O) groups is 2. The minimum atomic E-state index is 0.0157. The maximum atomic E-state index is 12.8. The van der Waals surface area contributed by atoms with Crippen molar-refractivity contribution in [1.29, 1.82) is 0 Å². The number of Topliss-reactive ketones (excluding diaryl/α,β-unsaturated/α-hetero) is 2. The summed E-state index contributed by atoms with van der Waals surface area (Å²) in [5.41, 5.74) is 2.94. The number of halogens is 1. The highest BCUT2D eigenvalue weighted by Crippen LogP contribution is 2.24. The van der Waals surface area contributed by atoms with E-state index in [9.17, 15) is 9.59 Å². The fourth-order valence-electron chi connectivity index (χ4n) is 3.79. The van der Waals surface area contributed by atoms with Crippen LogP contribution in [-0.2, 0) is 13.0 Å². The number of hydrogen-bond acceptors (Lipinski definition) is 5. The summed E-state index contributed by atoms with van der Waals surface area (Å²) in [7, 11) is 0. The third-order valence-corrected chi connectivity index (χ3v) is 6.33. The summed E-state index contributed by atoms with van der Waals surface area (Å²) in [6.45, 7) is 10.3. The smallest absolute Gasteiger partial charge is 0.193 e. The standard InChI is InChI=1S/C20H26ClN3O2S/c1-4-16-19(14(3)25)13(2)22-20(16)17(26)12-24-9-7-23(8-10-24)11-15-5-6-18(21)27-15/h5-6,22H,4,7-12H2,1-3H3. The second-order valence-corrected chi connectivity index (χ2v) is 8.87. The molecular formula is C20H26ClN3O2S. The molecule has 0 saturated carbocycles. The molecule has 0 spiro atoms. The molecule has 0 aliphatic carbocycles. The predicted molar refractivity (Wildman–Crippen MR) is 110 cm³/mol. The number of thiophene rings is 1. The molecule has 1 aliphatic rings. The van der Waals surface area contributed by atoms with Gasteiger partial charge in [0.2, 0.25) is 0 Å². The van der Waals surface area contributed by atoms with Crippen LogP contribution < -0.4 is 0 Å². The van der Waals surface area contributed by atoms with Crippen LogP contribution in [0.2, 0.25) is 4.34 Å². The van der Waals surface area contributed by atoms with Crippen LogP contribution in [0, 0.1) is 6.92 Å². The molecule has 0 unspecified atom stereocenters. The van der Waals surface area contributed by atoms with Gasteiger partial charge in [0, 0.05) is 48.9 Å². The quantitative estimate of drug-likeness (QED) is 0.709. The molecule has 1 saturated heterocycles. The third kappa shape index (κ3) is 4.69. The fraction of sp³-hybridized carbons (Fsp3) is 0.500. The maximum absolute atomic E-state index is 12.8. The zero-order chi connectivity index (χ0) is 19.6. The number of nitrogens with one attached hydrogen (secondary N) is 1. The summed E-state index contributed by atoms with van der Waals surface area (Å²) in [6.07, 6.45) is 0.678. The average Bonchev–Trinajstić information content (AvgIpc) is 3.19. The molecular weight excluding hydrogens is 382 g/mol. The van der Waals surface area contributed by atoms with Gasteiger partial charge in [-0.25, -0.2) is 0 Å². The summed E-state index contributed by atoms with van der Waals surface area (Å²) >= 11 is 7.63. The van der Waals surface area contributed by atoms with Gasteiger partial charge in [-0.3, -0.25) is 19.4 Å². The van der Waals surface area contributed by atoms with E-state index in [0.29, 0.717) is 24.2 Å². The highest BCUT2D eigenvalue weighted by atomic mass is 35.5. The van der Waals surface area contributed by atoms with Gasteiger partial charge < -0.3 is 4.98 Å². The van der Waals surface area contributed by atoms with Crippen molar-refractivity contribution in [1.82, 2.24) is 14.8 Å². The van der Waals surface area contributed by atoms with E-state index >= 15 is 0 Å². The van der Waals surface area contributed by atoms with Gasteiger partial charge in [-0.15, -0.1) is 11.3 Å². The Morgan fingerprint density at radius 2 is 1.85 bits per heavy atom. The zero-order valence-electron chi connectivity index (χ0n) is 16.1. The topological polar surface area (TPSA) is 56.4 Å². The predicted octanol–water partition coefficient (Wildman–Crippen LogP) is 3.80. The Balaban J connectivity index is 1.58. The van der Waals surface area contributed by atoms with E-state index in [1.807, 2.05) is 19.9 Å². The number of rotatable bonds is 7. The molecule has 1 N–H and O–H groups in total. The second kappa shape index (κ2) is 8.69. The van der Waals surface area contributed by atoms with Crippen LogP contribution >= 0.6 is 22.9 Å². The lowest BCUT2D eigenvalue weighted by molar-refractivity contribution is 0.0840. The molecule has 1 aliphatic heterocycles. The summed E-state index contributed by atoms with van der Waals surface area (Å²) in [6, 6.07) is 4.02. The monoisotopic (exact) mass is 407 g/mol. The lowest BCUT2D eigenvalue weighted by atomic mass is 10.0. The molecule has 2 aromatic rings. The largest absolute Gasteiger partial charge is 0.355 e. The van der Waals surface area contributed by atoms with E-state index in [-0.39, 0.29) is 11.6 Å². The molecule has 146 valence electrons. The highest BCUT2D eigenvalue weighted by molar-refractivity contribution is 7.16. The van der Waals surface area contributed by atoms with E-state index in [1.54, 1.807) is 18.3 Å². The average molecular weight is 408 g/mol. The Labute approximate surface area is 169 Å². The first-order valence-corrected chi connectivity index (χ1v) is 10.5. The van der Waals surface area contributed by atoms with E-state index in [0.717, 1.165) is 48.3 Å². The lowest BCUT2D eigenvalue weighted by Crippen LogP contribution is -2.47. The van der Waals surface area contributed by atoms with Crippen molar-refractivity contribution < 1.29 is 9.59 Å². The molecule has 2 aromatic heterocycles. The molecule has 27 heavy (non-hydrogen) atoms. The normalized spacial score (nSPS) is 16.0. The minimum Gasteiger partial charge on any atom is -0.355 e. The van der Waals surface area contributed by atoms with Crippen molar-refractivity contribution in [2.24, 2.45) is 0 Å². The molecule has 3 rings (SSSR count). The Bertz CT molecular complexity index is 834. The molecule has 0 atom stereocenters. The van der Waals surface area contributed by atoms with Crippen LogP contribution in [0.4, 0.5) is 0 Å². The number of hydrogen-bond donors (Lipinski definition) is 1. The van der Waals surface area contributed by atoms with Gasteiger partial charge in [0.1, 0.15) is 0 Å². The SMILES string of the molecule is CCc1c(C(=O)CN2CCN(Cc3ccc(Cl)s3)CC2)[nH]c(C)c1C(C)=O. The summed E-state index contributed by atoms with van der Waals surface area (Å²) in [5, 5.41) is 0. The maximum Gasteiger partial charge on any atom is 0.193 e. The number of aromatic nitrogens is 1. The van der Waals surface area contributed by atoms with Crippen molar-refractivity contribution in [2.45, 2.75) is 33.7 Å². The van der Waals surface area contributed by atoms with Crippen LogP contribution in [0.1, 0.15) is 50.8 Å². The Kier molecular flexibility index (Phi) is 6.52. The third-order valence-electron chi connectivity index (χ3n) is 5.12. The van der Waals surface area contributed by atoms with Crippen LogP contribution in [-0.4, -0.2) is 59.1 Å². The molecule has 0 aromatic carbocycles. The minimum absolute atomic E-state index is 0.0157. The first-order valence-electron chi connectivity index (χ1n) is 9.33. The van der Waals surface area contributed by atoms with E-state index in [2.05, 4.69) is 20.9 Å². The fourth-order valence-corrected chi connectivity index (χ4v) is 4.92. The van der Waals surface area contributed by atoms with Gasteiger partial charge in [-0.1, -0.05) is 18.5 Å². The number of H-pyrrole nitrogens is 1. The Morgan fingerprint density at radius 1 is 1.19 bits per heavy atom. The molecule has 0 radical (unpaired) electrons. The second-order valence-electron chi connectivity index (χ2n) is 7.07. The molecule has 0 amide bonds. The molecule has 0 bridgehead atoms. The van der Waals surface area contributed by atoms with Crippen molar-refractivity contribution >= 4 is 34.5 Å². The number of aryl methyl sites for hydroxylation is 1. The van der Waals surface area contributed by atoms with Gasteiger partial charge in [-0.05, 0) is 38.0 Å². The van der Waals surface area contributed by atoms with Crippen molar-refractivity contribution in [3.05, 3.63) is 43.9 Å². The van der Waals surface area contributed by atoms with E-state index in [4.69, 9.17) is 11.6 Å². The highest BCUT2D eigenvalue weighted by Gasteiger charge is 2.25. The summed E-state index contributed by atoms with van der Waals surface area (Å²) in [5.74, 6) is 0.0860. The first kappa shape index (κ1) is 20.3. The lowest BCUT2D eigenvalue weighted by Gasteiger charge is -2.34. The molecule has 5 nitrogen and oxygen atoms in total. The van der Waals surface area contributed by atoms with Gasteiger partial charge in [0.05, 0.1) is 16.6 Å². The van der Waals surface area contributed by atoms with Crippen LogP contribution in [0.5, 0.6) is 0 Å². The van der Waals surface area contributed by atoms with Crippen LogP contribution in [0.3, 0.4) is 0 Å². The molecule has 7 heteroatoms. The van der Waals surface area contributed by atoms with Crippen molar-refractivity contribution in [3.8, 4) is 0 Å². The zero-order valence-corrected chi connectivity index (χ0v) is 17.7. The van der Waals surface area contributed by atoms with Gasteiger partial charge in [-0.2, -0.15) is 0 Å². The number of piperazine rings is 1. The van der Waals surface area contributed by atoms with Crippen LogP contribution in [0.25, 0.3) is 0 Å². The number of ketones is 2. The molecule has 1 fully saturated rings. The number of nitrogens with zero attached hydrogens (tertiary/aromatic N) is 2. The number of aromatic amines is 1. The van der Waals surface area contributed by atoms with Crippen molar-refractivity contribution in [2.75, 3.05) is 32.7 Å². The Hall–Kier alpha value is -1.47. The van der Waals surface area contributed by atoms with Crippen LogP contribution in [0.15, 0.2) is 12.1 Å². The Morgan fingerprint density at radius 3 is 2.41 bits per heavy atom. The first-order chi connectivity index (χ1) is 12.9. The molecule has 3 heterocycles.